The fraction of sp³-hybridized carbons (Fsp3) is 0.523. The molecule has 17 heteroatoms. The first-order chi connectivity index (χ1) is 28.6. The van der Waals surface area contributed by atoms with E-state index in [1.807, 2.05) is 33.8 Å². The number of hydrogen-bond acceptors (Lipinski definition) is 16. The van der Waals surface area contributed by atoms with E-state index in [1.54, 1.807) is 26.8 Å². The van der Waals surface area contributed by atoms with E-state index in [9.17, 15) is 39.3 Å². The van der Waals surface area contributed by atoms with Crippen LogP contribution in [0.3, 0.4) is 0 Å². The van der Waals surface area contributed by atoms with Crippen molar-refractivity contribution in [2.45, 2.75) is 118 Å². The van der Waals surface area contributed by atoms with E-state index in [0.717, 1.165) is 5.57 Å². The summed E-state index contributed by atoms with van der Waals surface area (Å²) in [6, 6.07) is 7.36. The van der Waals surface area contributed by atoms with Gasteiger partial charge in [0.25, 0.3) is 0 Å². The van der Waals surface area contributed by atoms with Crippen LogP contribution in [-0.2, 0) is 46.1 Å². The Hall–Kier alpha value is -5.49. The Morgan fingerprint density at radius 3 is 2.26 bits per heavy atom. The molecule has 3 heterocycles. The Labute approximate surface area is 352 Å². The Kier molecular flexibility index (Phi) is 14.5. The number of phenolic OH excluding ortho intramolecular Hbond substituents is 1. The van der Waals surface area contributed by atoms with Crippen molar-refractivity contribution in [3.05, 3.63) is 74.7 Å². The Morgan fingerprint density at radius 1 is 0.934 bits per heavy atom. The lowest BCUT2D eigenvalue weighted by Crippen LogP contribution is -2.62. The summed E-state index contributed by atoms with van der Waals surface area (Å²) in [5.41, 5.74) is 4.80. The molecule has 3 unspecified atom stereocenters. The topological polar surface area (TPSA) is 250 Å². The predicted molar refractivity (Wildman–Crippen MR) is 217 cm³/mol. The first-order valence-corrected chi connectivity index (χ1v) is 19.9. The molecule has 61 heavy (non-hydrogen) atoms. The fourth-order valence-corrected chi connectivity index (χ4v) is 7.60. The summed E-state index contributed by atoms with van der Waals surface area (Å²) in [5, 5.41) is 32.0. The molecule has 3 aromatic rings. The van der Waals surface area contributed by atoms with Crippen LogP contribution >= 0.6 is 0 Å². The quantitative estimate of drug-likeness (QED) is 0.0570. The van der Waals surface area contributed by atoms with Crippen molar-refractivity contribution in [1.82, 2.24) is 0 Å². The lowest BCUT2D eigenvalue weighted by Gasteiger charge is -2.47. The van der Waals surface area contributed by atoms with Crippen LogP contribution in [0.5, 0.6) is 17.2 Å². The zero-order valence-corrected chi connectivity index (χ0v) is 35.7. The highest BCUT2D eigenvalue weighted by molar-refractivity contribution is 5.99. The summed E-state index contributed by atoms with van der Waals surface area (Å²) in [6.07, 6.45) is -7.02. The number of aliphatic hydroxyl groups is 2. The summed E-state index contributed by atoms with van der Waals surface area (Å²) < 4.78 is 47.2. The van der Waals surface area contributed by atoms with Gasteiger partial charge < -0.3 is 58.6 Å². The molecule has 0 spiro atoms. The van der Waals surface area contributed by atoms with Crippen molar-refractivity contribution in [3.63, 3.8) is 0 Å². The van der Waals surface area contributed by atoms with Crippen LogP contribution in [0.25, 0.3) is 11.0 Å². The highest BCUT2D eigenvalue weighted by atomic mass is 16.7. The summed E-state index contributed by atoms with van der Waals surface area (Å²) in [6.45, 7) is 14.1. The molecule has 2 aromatic carbocycles. The minimum absolute atomic E-state index is 0.00626. The summed E-state index contributed by atoms with van der Waals surface area (Å²) in [4.78, 5) is 64.2. The molecule has 5 N–H and O–H groups in total. The molecule has 2 fully saturated rings. The maximum atomic E-state index is 14.2. The van der Waals surface area contributed by atoms with Gasteiger partial charge in [-0.15, -0.1) is 0 Å². The maximum absolute atomic E-state index is 14.2. The number of primary amides is 1. The van der Waals surface area contributed by atoms with E-state index in [2.05, 4.69) is 0 Å². The lowest BCUT2D eigenvalue weighted by atomic mass is 9.81. The van der Waals surface area contributed by atoms with E-state index < -0.39 is 96.9 Å². The third-order valence-electron chi connectivity index (χ3n) is 11.3. The van der Waals surface area contributed by atoms with Crippen molar-refractivity contribution in [3.8, 4) is 17.2 Å². The van der Waals surface area contributed by atoms with Crippen molar-refractivity contribution < 1.29 is 72.1 Å². The fourth-order valence-electron chi connectivity index (χ4n) is 7.60. The van der Waals surface area contributed by atoms with E-state index in [-0.39, 0.29) is 57.4 Å². The third-order valence-corrected chi connectivity index (χ3v) is 11.3. The minimum Gasteiger partial charge on any atom is -0.508 e. The monoisotopic (exact) mass is 853 g/mol. The maximum Gasteiger partial charge on any atom is 0.404 e. The molecule has 1 amide bonds. The first-order valence-electron chi connectivity index (χ1n) is 19.9. The van der Waals surface area contributed by atoms with E-state index in [4.69, 9.17) is 43.3 Å². The van der Waals surface area contributed by atoms with Crippen LogP contribution in [0.4, 0.5) is 4.79 Å². The molecule has 17 nitrogen and oxygen atoms in total. The summed E-state index contributed by atoms with van der Waals surface area (Å²) in [7, 11) is 0. The predicted octanol–water partition coefficient (Wildman–Crippen LogP) is 4.56. The van der Waals surface area contributed by atoms with E-state index >= 15 is 0 Å². The number of ketones is 1. The van der Waals surface area contributed by atoms with Gasteiger partial charge in [-0.05, 0) is 82.9 Å². The van der Waals surface area contributed by atoms with Gasteiger partial charge in [-0.3, -0.25) is 14.4 Å². The second kappa shape index (κ2) is 19.1. The van der Waals surface area contributed by atoms with Crippen LogP contribution in [0, 0.1) is 24.7 Å². The van der Waals surface area contributed by atoms with Gasteiger partial charge in [-0.25, -0.2) is 9.59 Å². The molecule has 0 bridgehead atoms. The van der Waals surface area contributed by atoms with Gasteiger partial charge in [0.05, 0.1) is 35.2 Å². The number of ether oxygens (including phenoxy) is 7. The van der Waals surface area contributed by atoms with Gasteiger partial charge in [-0.2, -0.15) is 0 Å². The van der Waals surface area contributed by atoms with Crippen molar-refractivity contribution >= 4 is 34.8 Å². The number of nitrogens with two attached hydrogens (primary N) is 1. The second-order valence-corrected chi connectivity index (χ2v) is 16.3. The summed E-state index contributed by atoms with van der Waals surface area (Å²) in [5.74, 6) is -3.37. The number of allylic oxidation sites excluding steroid dienone is 2. The van der Waals surface area contributed by atoms with Gasteiger partial charge in [0.15, 0.2) is 18.0 Å². The third kappa shape index (κ3) is 10.5. The molecule has 0 radical (unpaired) electrons. The van der Waals surface area contributed by atoms with E-state index in [1.165, 1.54) is 38.1 Å². The average molecular weight is 854 g/mol. The first kappa shape index (κ1) is 46.6. The van der Waals surface area contributed by atoms with Gasteiger partial charge >= 0.3 is 23.7 Å². The number of fused-ring (bicyclic) bond motifs is 1. The summed E-state index contributed by atoms with van der Waals surface area (Å²) >= 11 is 0. The number of phenols is 1. The number of carbonyl (C=O) groups excluding carboxylic acids is 4. The molecule has 2 saturated heterocycles. The van der Waals surface area contributed by atoms with Crippen LogP contribution in [0.1, 0.15) is 82.4 Å². The highest BCUT2D eigenvalue weighted by Crippen LogP contribution is 2.41. The zero-order chi connectivity index (χ0) is 45.1. The number of carbonyl (C=O) groups is 4. The molecule has 9 atom stereocenters. The van der Waals surface area contributed by atoms with Crippen molar-refractivity contribution in [2.24, 2.45) is 23.5 Å². The number of esters is 2. The molecular weight excluding hydrogens is 798 g/mol. The normalized spacial score (nSPS) is 25.9. The molecular formula is C44H55NO16. The van der Waals surface area contributed by atoms with Crippen LogP contribution in [-0.4, -0.2) is 94.9 Å². The van der Waals surface area contributed by atoms with Crippen LogP contribution in [0.15, 0.2) is 51.2 Å². The zero-order valence-electron chi connectivity index (χ0n) is 35.7. The molecule has 0 saturated carbocycles. The molecule has 5 rings (SSSR count). The molecule has 2 aliphatic heterocycles. The Morgan fingerprint density at radius 2 is 1.64 bits per heavy atom. The number of rotatable bonds is 14. The van der Waals surface area contributed by atoms with Gasteiger partial charge in [0.1, 0.15) is 35.5 Å². The van der Waals surface area contributed by atoms with E-state index in [0.29, 0.717) is 12.0 Å². The largest absolute Gasteiger partial charge is 0.508 e. The molecule has 2 aliphatic rings. The number of aliphatic hydroxyl groups excluding tert-OH is 2. The van der Waals surface area contributed by atoms with Gasteiger partial charge in [0, 0.05) is 37.3 Å². The molecule has 0 aliphatic carbocycles. The second-order valence-electron chi connectivity index (χ2n) is 16.3. The van der Waals surface area contributed by atoms with Crippen molar-refractivity contribution in [2.75, 3.05) is 13.2 Å². The van der Waals surface area contributed by atoms with Crippen LogP contribution < -0.4 is 20.8 Å². The SMILES string of the molecule is CC(=O)OCC1O[C@@H](Oc2c(CC(=O)c3ccc(O)c(CC=C(C)C)c3)c(=O)oc3c(C)c(O[C@@H]4OC(C)(C)[C@H](CO)C(OC(N)=O)[C@@H]4O)ccc23)C(OC(C)=O)[C@@H](C)[C@@H]1C. The Bertz CT molecular complexity index is 2220. The number of aromatic hydroxyl groups is 1. The lowest BCUT2D eigenvalue weighted by molar-refractivity contribution is -0.290. The molecule has 1 aromatic heterocycles. The van der Waals surface area contributed by atoms with Gasteiger partial charge in [-0.1, -0.05) is 25.5 Å². The average Bonchev–Trinajstić information content (AvgIpc) is 3.17. The van der Waals surface area contributed by atoms with Gasteiger partial charge in [0.2, 0.25) is 12.6 Å². The van der Waals surface area contributed by atoms with Crippen LogP contribution in [0.2, 0.25) is 0 Å². The number of aryl methyl sites for hydroxylation is 1. The number of amides is 1. The standard InChI is InChI=1S/C44H55NO16/c1-20(2)10-11-26-16-27(12-14-31(26)49)32(50)17-29-38(59-42-37(55-25(7)48)22(4)21(3)34(57-42)19-54-24(6)47)28-13-15-33(23(5)36(28)58-40(29)52)56-41-35(51)39(60-43(45)53)30(18-46)44(8,9)61-41/h10,12-16,21-22,30,34-35,37,39,41-42,46,49,51H,11,17-19H2,1-9H3,(H2,45,53)/t21-,22-,30+,34?,35-,37?,39?,41+,42-/m0/s1. The molecule has 332 valence electrons. The van der Waals surface area contributed by atoms with Crippen molar-refractivity contribution in [1.29, 1.82) is 0 Å². The highest BCUT2D eigenvalue weighted by Gasteiger charge is 2.52. The number of hydrogen-bond donors (Lipinski definition) is 4. The number of Topliss-reactive ketones (excluding diaryl/α,β-unsaturated/α-hetero) is 1. The number of benzene rings is 2. The smallest absolute Gasteiger partial charge is 0.404 e. The Balaban J connectivity index is 1.63. The minimum atomic E-state index is -1.62.